The third-order valence-corrected chi connectivity index (χ3v) is 4.38. The highest BCUT2D eigenvalue weighted by molar-refractivity contribution is 5.04. The Morgan fingerprint density at radius 3 is 2.71 bits per heavy atom. The molecular formula is C14H25N3. The molecule has 96 valence electrons. The molecule has 0 bridgehead atoms. The summed E-state index contributed by atoms with van der Waals surface area (Å²) in [4.78, 5) is 4.43. The fourth-order valence-corrected chi connectivity index (χ4v) is 3.00. The van der Waals surface area contributed by atoms with Gasteiger partial charge in [-0.15, -0.1) is 0 Å². The molecule has 1 aromatic heterocycles. The van der Waals surface area contributed by atoms with E-state index in [2.05, 4.69) is 42.7 Å². The van der Waals surface area contributed by atoms with Gasteiger partial charge in [-0.2, -0.15) is 0 Å². The zero-order valence-corrected chi connectivity index (χ0v) is 11.6. The van der Waals surface area contributed by atoms with Crippen LogP contribution in [0.1, 0.15) is 45.9 Å². The predicted molar refractivity (Wildman–Crippen MR) is 71.0 cm³/mol. The molecule has 0 spiro atoms. The zero-order valence-electron chi connectivity index (χ0n) is 11.6. The molecule has 2 heterocycles. The first-order valence-corrected chi connectivity index (χ1v) is 6.66. The third kappa shape index (κ3) is 2.39. The average molecular weight is 235 g/mol. The lowest BCUT2D eigenvalue weighted by atomic mass is 9.70. The summed E-state index contributed by atoms with van der Waals surface area (Å²) in [5.41, 5.74) is 0.605. The largest absolute Gasteiger partial charge is 0.338 e. The maximum absolute atomic E-state index is 4.43. The smallest absolute Gasteiger partial charge is 0.108 e. The Balaban J connectivity index is 2.07. The number of rotatable bonds is 3. The van der Waals surface area contributed by atoms with Crippen LogP contribution in [0.5, 0.6) is 0 Å². The van der Waals surface area contributed by atoms with Crippen LogP contribution < -0.4 is 5.32 Å². The SMILES string of the molecule is Cn1ccnc1CCC1(C(C)(C)C)CCCN1. The molecule has 2 rings (SSSR count). The summed E-state index contributed by atoms with van der Waals surface area (Å²) in [6.07, 6.45) is 8.76. The van der Waals surface area contributed by atoms with Crippen molar-refractivity contribution in [1.82, 2.24) is 14.9 Å². The van der Waals surface area contributed by atoms with Gasteiger partial charge in [-0.25, -0.2) is 4.98 Å². The lowest BCUT2D eigenvalue weighted by Gasteiger charge is -2.42. The lowest BCUT2D eigenvalue weighted by molar-refractivity contribution is 0.147. The minimum Gasteiger partial charge on any atom is -0.338 e. The quantitative estimate of drug-likeness (QED) is 0.872. The Morgan fingerprint density at radius 1 is 1.47 bits per heavy atom. The van der Waals surface area contributed by atoms with E-state index in [1.807, 2.05) is 12.4 Å². The number of aryl methyl sites for hydroxylation is 2. The van der Waals surface area contributed by atoms with Gasteiger partial charge in [0, 0.05) is 31.4 Å². The molecule has 1 unspecified atom stereocenters. The highest BCUT2D eigenvalue weighted by atomic mass is 15.0. The lowest BCUT2D eigenvalue weighted by Crippen LogP contribution is -2.51. The number of aromatic nitrogens is 2. The Bertz CT molecular complexity index is 367. The molecule has 0 saturated carbocycles. The van der Waals surface area contributed by atoms with Crippen LogP contribution in [-0.2, 0) is 13.5 Å². The van der Waals surface area contributed by atoms with Crippen LogP contribution in [0.2, 0.25) is 0 Å². The maximum Gasteiger partial charge on any atom is 0.108 e. The van der Waals surface area contributed by atoms with E-state index >= 15 is 0 Å². The summed E-state index contributed by atoms with van der Waals surface area (Å²) in [5.74, 6) is 1.20. The number of hydrogen-bond acceptors (Lipinski definition) is 2. The van der Waals surface area contributed by atoms with Gasteiger partial charge >= 0.3 is 0 Å². The molecule has 1 atom stereocenters. The first-order chi connectivity index (χ1) is 7.95. The summed E-state index contributed by atoms with van der Waals surface area (Å²) < 4.78 is 2.13. The predicted octanol–water partition coefficient (Wildman–Crippen LogP) is 2.52. The van der Waals surface area contributed by atoms with Gasteiger partial charge < -0.3 is 9.88 Å². The summed E-state index contributed by atoms with van der Waals surface area (Å²) in [6, 6.07) is 0. The second-order valence-corrected chi connectivity index (χ2v) is 6.32. The average Bonchev–Trinajstić information content (AvgIpc) is 2.83. The van der Waals surface area contributed by atoms with Crippen molar-refractivity contribution < 1.29 is 0 Å². The Kier molecular flexibility index (Phi) is 3.30. The van der Waals surface area contributed by atoms with Gasteiger partial charge in [0.15, 0.2) is 0 Å². The van der Waals surface area contributed by atoms with Crippen molar-refractivity contribution in [2.45, 2.75) is 52.0 Å². The maximum atomic E-state index is 4.43. The van der Waals surface area contributed by atoms with E-state index in [-0.39, 0.29) is 0 Å². The van der Waals surface area contributed by atoms with Gasteiger partial charge in [0.1, 0.15) is 5.82 Å². The summed E-state index contributed by atoms with van der Waals surface area (Å²) in [5, 5.41) is 3.75. The summed E-state index contributed by atoms with van der Waals surface area (Å²) >= 11 is 0. The molecule has 0 radical (unpaired) electrons. The molecule has 0 aliphatic carbocycles. The minimum absolute atomic E-state index is 0.291. The molecule has 1 aliphatic rings. The topological polar surface area (TPSA) is 29.9 Å². The fraction of sp³-hybridized carbons (Fsp3) is 0.786. The highest BCUT2D eigenvalue weighted by Crippen LogP contribution is 2.40. The Hall–Kier alpha value is -0.830. The van der Waals surface area contributed by atoms with Crippen molar-refractivity contribution in [3.63, 3.8) is 0 Å². The molecule has 0 amide bonds. The molecular weight excluding hydrogens is 210 g/mol. The van der Waals surface area contributed by atoms with Gasteiger partial charge in [0.2, 0.25) is 0 Å². The molecule has 1 fully saturated rings. The first-order valence-electron chi connectivity index (χ1n) is 6.66. The number of imidazole rings is 1. The summed E-state index contributed by atoms with van der Waals surface area (Å²) in [6.45, 7) is 8.22. The van der Waals surface area contributed by atoms with E-state index in [4.69, 9.17) is 0 Å². The number of nitrogens with one attached hydrogen (secondary N) is 1. The number of nitrogens with zero attached hydrogens (tertiary/aromatic N) is 2. The van der Waals surface area contributed by atoms with E-state index < -0.39 is 0 Å². The van der Waals surface area contributed by atoms with Crippen molar-refractivity contribution in [2.75, 3.05) is 6.54 Å². The van der Waals surface area contributed by atoms with Crippen molar-refractivity contribution in [3.05, 3.63) is 18.2 Å². The molecule has 3 nitrogen and oxygen atoms in total. The molecule has 17 heavy (non-hydrogen) atoms. The van der Waals surface area contributed by atoms with Crippen molar-refractivity contribution >= 4 is 0 Å². The monoisotopic (exact) mass is 235 g/mol. The van der Waals surface area contributed by atoms with E-state index in [0.29, 0.717) is 11.0 Å². The molecule has 0 aromatic carbocycles. The standard InChI is InChI=1S/C14H25N3/c1-13(2,3)14(7-5-9-16-14)8-6-12-15-10-11-17(12)4/h10-11,16H,5-9H2,1-4H3. The van der Waals surface area contributed by atoms with Gasteiger partial charge in [-0.3, -0.25) is 0 Å². The normalized spacial score (nSPS) is 25.4. The van der Waals surface area contributed by atoms with E-state index in [1.54, 1.807) is 0 Å². The second-order valence-electron chi connectivity index (χ2n) is 6.32. The van der Waals surface area contributed by atoms with E-state index in [0.717, 1.165) is 13.0 Å². The van der Waals surface area contributed by atoms with Crippen LogP contribution in [0.4, 0.5) is 0 Å². The Labute approximate surface area is 105 Å². The van der Waals surface area contributed by atoms with Crippen LogP contribution in [-0.4, -0.2) is 21.6 Å². The van der Waals surface area contributed by atoms with Gasteiger partial charge in [0.05, 0.1) is 0 Å². The van der Waals surface area contributed by atoms with Gasteiger partial charge in [-0.05, 0) is 31.2 Å². The molecule has 1 aliphatic heterocycles. The third-order valence-electron chi connectivity index (χ3n) is 4.38. The van der Waals surface area contributed by atoms with Crippen LogP contribution in [0.3, 0.4) is 0 Å². The molecule has 3 heteroatoms. The van der Waals surface area contributed by atoms with Gasteiger partial charge in [-0.1, -0.05) is 20.8 Å². The molecule has 1 N–H and O–H groups in total. The number of hydrogen-bond donors (Lipinski definition) is 1. The Morgan fingerprint density at radius 2 is 2.24 bits per heavy atom. The van der Waals surface area contributed by atoms with E-state index in [9.17, 15) is 0 Å². The van der Waals surface area contributed by atoms with Crippen LogP contribution >= 0.6 is 0 Å². The summed E-state index contributed by atoms with van der Waals surface area (Å²) in [7, 11) is 2.08. The minimum atomic E-state index is 0.291. The van der Waals surface area contributed by atoms with Gasteiger partial charge in [0.25, 0.3) is 0 Å². The zero-order chi connectivity index (χ0) is 12.5. The van der Waals surface area contributed by atoms with Crippen LogP contribution in [0, 0.1) is 5.41 Å². The van der Waals surface area contributed by atoms with E-state index in [1.165, 1.54) is 25.1 Å². The highest BCUT2D eigenvalue weighted by Gasteiger charge is 2.43. The van der Waals surface area contributed by atoms with Crippen LogP contribution in [0.25, 0.3) is 0 Å². The fourth-order valence-electron chi connectivity index (χ4n) is 3.00. The molecule has 1 saturated heterocycles. The molecule has 1 aromatic rings. The second kappa shape index (κ2) is 4.45. The van der Waals surface area contributed by atoms with Crippen molar-refractivity contribution in [3.8, 4) is 0 Å². The van der Waals surface area contributed by atoms with Crippen molar-refractivity contribution in [2.24, 2.45) is 12.5 Å². The van der Waals surface area contributed by atoms with Crippen molar-refractivity contribution in [1.29, 1.82) is 0 Å². The van der Waals surface area contributed by atoms with Crippen LogP contribution in [0.15, 0.2) is 12.4 Å². The first kappa shape index (κ1) is 12.6.